The van der Waals surface area contributed by atoms with Crippen LogP contribution in [0.5, 0.6) is 5.75 Å². The van der Waals surface area contributed by atoms with Crippen LogP contribution in [0.4, 0.5) is 0 Å². The number of aliphatic hydroxyl groups excluding tert-OH is 2. The zero-order valence-corrected chi connectivity index (χ0v) is 22.3. The number of hydrogen-bond donors (Lipinski definition) is 4. The zero-order valence-electron chi connectivity index (χ0n) is 22.3. The number of carbonyl (C=O) groups excluding carboxylic acids is 5. The maximum atomic E-state index is 14.1. The molecule has 3 aliphatic rings. The number of likely N-dealkylation sites (N-methyl/N-ethyl adjacent to an activating group) is 1. The number of imide groups is 1. The Kier molecular flexibility index (Phi) is 7.00. The molecule has 0 unspecified atom stereocenters. The quantitative estimate of drug-likeness (QED) is 0.228. The summed E-state index contributed by atoms with van der Waals surface area (Å²) >= 11 is 0. The van der Waals surface area contributed by atoms with E-state index in [1.54, 1.807) is 25.1 Å². The molecule has 208 valence electrons. The first-order chi connectivity index (χ1) is 18.2. The minimum absolute atomic E-state index is 0.180. The molecule has 0 aromatic heterocycles. The van der Waals surface area contributed by atoms with E-state index in [2.05, 4.69) is 0 Å². The van der Waals surface area contributed by atoms with Crippen molar-refractivity contribution >= 4 is 35.1 Å². The van der Waals surface area contributed by atoms with Crippen LogP contribution in [0.25, 0.3) is 5.76 Å². The molecule has 2 amide bonds. The van der Waals surface area contributed by atoms with Gasteiger partial charge in [-0.25, -0.2) is 0 Å². The number of ketones is 2. The van der Waals surface area contributed by atoms with Gasteiger partial charge in [-0.3, -0.25) is 34.2 Å². The Morgan fingerprint density at radius 1 is 1.10 bits per heavy atom. The molecular formula is C27H30N2O10. The average Bonchev–Trinajstić information content (AvgIpc) is 2.84. The van der Waals surface area contributed by atoms with Crippen LogP contribution >= 0.6 is 0 Å². The molecule has 0 saturated heterocycles. The number of benzene rings is 1. The van der Waals surface area contributed by atoms with Gasteiger partial charge in [0.1, 0.15) is 22.8 Å². The molecular weight excluding hydrogens is 512 g/mol. The van der Waals surface area contributed by atoms with Crippen LogP contribution in [-0.4, -0.2) is 88.5 Å². The summed E-state index contributed by atoms with van der Waals surface area (Å²) in [5, 5.41) is 37.0. The van der Waals surface area contributed by atoms with Crippen molar-refractivity contribution in [1.82, 2.24) is 10.2 Å². The second-order valence-electron chi connectivity index (χ2n) is 10.2. The van der Waals surface area contributed by atoms with E-state index in [1.165, 1.54) is 26.1 Å². The molecule has 12 nitrogen and oxygen atoms in total. The number of ether oxygens (including phenoxy) is 2. The fourth-order valence-corrected chi connectivity index (χ4v) is 6.18. The van der Waals surface area contributed by atoms with Crippen LogP contribution in [-0.2, 0) is 28.7 Å². The third-order valence-corrected chi connectivity index (χ3v) is 7.70. The highest BCUT2D eigenvalue weighted by Gasteiger charge is 2.69. The minimum Gasteiger partial charge on any atom is -0.507 e. The molecule has 4 rings (SSSR count). The number of rotatable bonds is 4. The third-order valence-electron chi connectivity index (χ3n) is 7.70. The van der Waals surface area contributed by atoms with Crippen molar-refractivity contribution in [2.24, 2.45) is 11.8 Å². The van der Waals surface area contributed by atoms with Crippen molar-refractivity contribution in [3.05, 3.63) is 46.2 Å². The van der Waals surface area contributed by atoms with Gasteiger partial charge >= 0.3 is 5.97 Å². The highest BCUT2D eigenvalue weighted by molar-refractivity contribution is 6.34. The van der Waals surface area contributed by atoms with Crippen LogP contribution < -0.4 is 10.1 Å². The summed E-state index contributed by atoms with van der Waals surface area (Å²) < 4.78 is 10.7. The second-order valence-corrected chi connectivity index (χ2v) is 10.2. The molecule has 39 heavy (non-hydrogen) atoms. The maximum absolute atomic E-state index is 14.1. The molecule has 1 fully saturated rings. The molecule has 12 heteroatoms. The summed E-state index contributed by atoms with van der Waals surface area (Å²) in [5.41, 5.74) is -3.61. The van der Waals surface area contributed by atoms with Crippen LogP contribution in [0.3, 0.4) is 0 Å². The molecule has 1 saturated carbocycles. The summed E-state index contributed by atoms with van der Waals surface area (Å²) in [6.07, 6.45) is -1.64. The van der Waals surface area contributed by atoms with Crippen molar-refractivity contribution in [3.8, 4) is 5.75 Å². The number of esters is 1. The third kappa shape index (κ3) is 3.98. The van der Waals surface area contributed by atoms with E-state index in [9.17, 15) is 39.3 Å². The van der Waals surface area contributed by atoms with E-state index in [-0.39, 0.29) is 16.9 Å². The van der Waals surface area contributed by atoms with E-state index in [0.29, 0.717) is 5.56 Å². The van der Waals surface area contributed by atoms with Crippen LogP contribution in [0.2, 0.25) is 0 Å². The van der Waals surface area contributed by atoms with Gasteiger partial charge in [-0.05, 0) is 31.6 Å². The van der Waals surface area contributed by atoms with Gasteiger partial charge in [0.05, 0.1) is 30.7 Å². The lowest BCUT2D eigenvalue weighted by Gasteiger charge is -2.54. The zero-order chi connectivity index (χ0) is 29.1. The molecule has 0 radical (unpaired) electrons. The standard InChI is InChI=1S/C27H30N2O10/c1-10-13-8-7-9-14(38-6)16(13)21(32)17-15(10)22(33)19-20(29(4)5)23(39-12(3)31)18(26(36)28-11(2)30)25(35)27(19,37)24(17)34/h7-10,15,19-20,22,32-33,37H,1-6H3,(H,28,30,36)/t10-,15+,19+,20-,22-,27-/m0/s1. The summed E-state index contributed by atoms with van der Waals surface area (Å²) in [6.45, 7) is 3.76. The lowest BCUT2D eigenvalue weighted by molar-refractivity contribution is -0.176. The largest absolute Gasteiger partial charge is 0.507 e. The van der Waals surface area contributed by atoms with E-state index in [4.69, 9.17) is 9.47 Å². The summed E-state index contributed by atoms with van der Waals surface area (Å²) in [6, 6.07) is 3.62. The minimum atomic E-state index is -3.06. The predicted octanol–water partition coefficient (Wildman–Crippen LogP) is -0.0187. The summed E-state index contributed by atoms with van der Waals surface area (Å²) in [5.74, 6) is -9.88. The second kappa shape index (κ2) is 9.70. The van der Waals surface area contributed by atoms with Crippen molar-refractivity contribution < 1.29 is 48.8 Å². The van der Waals surface area contributed by atoms with Gasteiger partial charge in [-0.1, -0.05) is 19.1 Å². The normalized spacial score (nSPS) is 29.9. The number of aliphatic hydroxyl groups is 3. The Balaban J connectivity index is 2.05. The lowest BCUT2D eigenvalue weighted by atomic mass is 9.54. The fourth-order valence-electron chi connectivity index (χ4n) is 6.18. The average molecular weight is 543 g/mol. The molecule has 0 aliphatic heterocycles. The van der Waals surface area contributed by atoms with Gasteiger partial charge in [-0.2, -0.15) is 0 Å². The highest BCUT2D eigenvalue weighted by atomic mass is 16.5. The molecule has 0 spiro atoms. The number of methoxy groups -OCH3 is 1. The number of amides is 2. The first-order valence-corrected chi connectivity index (χ1v) is 12.2. The SMILES string of the molecule is COc1cccc2c1C(O)=C1C(=O)[C@]3(O)C(=O)C(C(=O)NC(C)=O)=C(OC(C)=O)[C@@H](N(C)C)[C@@H]3[C@@H](O)[C@@H]1[C@H]2C. The number of Topliss-reactive ketones (excluding diaryl/α,β-unsaturated/α-hetero) is 2. The van der Waals surface area contributed by atoms with Crippen molar-refractivity contribution in [1.29, 1.82) is 0 Å². The fraction of sp³-hybridized carbons (Fsp3) is 0.444. The Morgan fingerprint density at radius 3 is 2.28 bits per heavy atom. The Bertz CT molecular complexity index is 1380. The topological polar surface area (TPSA) is 180 Å². The first kappa shape index (κ1) is 28.1. The molecule has 0 bridgehead atoms. The lowest BCUT2D eigenvalue weighted by Crippen LogP contribution is -2.71. The Hall–Kier alpha value is -3.87. The van der Waals surface area contributed by atoms with E-state index in [1.807, 2.05) is 5.32 Å². The van der Waals surface area contributed by atoms with Gasteiger partial charge in [0.15, 0.2) is 5.60 Å². The predicted molar refractivity (Wildman–Crippen MR) is 134 cm³/mol. The van der Waals surface area contributed by atoms with Crippen LogP contribution in [0, 0.1) is 11.8 Å². The number of carbonyl (C=O) groups is 5. The van der Waals surface area contributed by atoms with Crippen LogP contribution in [0.15, 0.2) is 35.1 Å². The summed E-state index contributed by atoms with van der Waals surface area (Å²) in [7, 11) is 4.34. The molecule has 4 N–H and O–H groups in total. The molecule has 6 atom stereocenters. The molecule has 1 aromatic rings. The van der Waals surface area contributed by atoms with E-state index < -0.39 is 81.9 Å². The van der Waals surface area contributed by atoms with Crippen molar-refractivity contribution in [3.63, 3.8) is 0 Å². The number of fused-ring (bicyclic) bond motifs is 3. The molecule has 0 heterocycles. The maximum Gasteiger partial charge on any atom is 0.307 e. The Morgan fingerprint density at radius 2 is 1.74 bits per heavy atom. The van der Waals surface area contributed by atoms with Gasteiger partial charge < -0.3 is 24.8 Å². The van der Waals surface area contributed by atoms with E-state index >= 15 is 0 Å². The van der Waals surface area contributed by atoms with Crippen molar-refractivity contribution in [2.75, 3.05) is 21.2 Å². The van der Waals surface area contributed by atoms with Gasteiger partial charge in [0.2, 0.25) is 17.5 Å². The molecule has 1 aromatic carbocycles. The number of hydrogen-bond acceptors (Lipinski definition) is 11. The highest BCUT2D eigenvalue weighted by Crippen LogP contribution is 2.55. The van der Waals surface area contributed by atoms with Gasteiger partial charge in [-0.15, -0.1) is 0 Å². The number of nitrogens with zero attached hydrogens (tertiary/aromatic N) is 1. The van der Waals surface area contributed by atoms with Crippen molar-refractivity contribution in [2.45, 2.75) is 44.4 Å². The smallest absolute Gasteiger partial charge is 0.307 e. The van der Waals surface area contributed by atoms with Gasteiger partial charge in [0, 0.05) is 25.3 Å². The van der Waals surface area contributed by atoms with Gasteiger partial charge in [0.25, 0.3) is 5.91 Å². The first-order valence-electron chi connectivity index (χ1n) is 12.2. The number of nitrogens with one attached hydrogen (secondary N) is 1. The molecule has 3 aliphatic carbocycles. The van der Waals surface area contributed by atoms with E-state index in [0.717, 1.165) is 13.8 Å². The summed E-state index contributed by atoms with van der Waals surface area (Å²) in [4.78, 5) is 66.2. The monoisotopic (exact) mass is 542 g/mol. The Labute approximate surface area is 223 Å². The van der Waals surface area contributed by atoms with Crippen LogP contribution in [0.1, 0.15) is 37.8 Å².